The predicted molar refractivity (Wildman–Crippen MR) is 59.8 cm³/mol. The minimum absolute atomic E-state index is 0.230. The zero-order valence-electron chi connectivity index (χ0n) is 10.4. The first-order valence-corrected chi connectivity index (χ1v) is 5.35. The molecule has 4 heteroatoms. The number of carbonyl (C=O) groups excluding carboxylic acids is 1. The van der Waals surface area contributed by atoms with Gasteiger partial charge in [0, 0.05) is 6.54 Å². The molecule has 90 valence electrons. The minimum Gasteiger partial charge on any atom is -0.459 e. The van der Waals surface area contributed by atoms with Crippen LogP contribution in [0.25, 0.3) is 0 Å². The fourth-order valence-electron chi connectivity index (χ4n) is 0.935. The molecule has 0 fully saturated rings. The van der Waals surface area contributed by atoms with Crippen LogP contribution in [-0.2, 0) is 14.3 Å². The predicted octanol–water partition coefficient (Wildman–Crippen LogP) is 1.34. The first-order chi connectivity index (χ1) is 6.81. The Kier molecular flexibility index (Phi) is 6.52. The van der Waals surface area contributed by atoms with Gasteiger partial charge in [0.15, 0.2) is 0 Å². The molecule has 0 aromatic rings. The summed E-state index contributed by atoms with van der Waals surface area (Å²) in [7, 11) is 0. The highest BCUT2D eigenvalue weighted by Crippen LogP contribution is 2.05. The van der Waals surface area contributed by atoms with Crippen molar-refractivity contribution in [2.24, 2.45) is 0 Å². The Morgan fingerprint density at radius 1 is 1.33 bits per heavy atom. The van der Waals surface area contributed by atoms with Crippen LogP contribution >= 0.6 is 0 Å². The van der Waals surface area contributed by atoms with Crippen LogP contribution in [0.1, 0.15) is 34.6 Å². The van der Waals surface area contributed by atoms with Gasteiger partial charge < -0.3 is 14.8 Å². The number of hydrogen-bond donors (Lipinski definition) is 1. The third-order valence-electron chi connectivity index (χ3n) is 1.42. The lowest BCUT2D eigenvalue weighted by atomic mass is 10.2. The Bertz CT molecular complexity index is 185. The van der Waals surface area contributed by atoms with Crippen molar-refractivity contribution in [2.75, 3.05) is 19.7 Å². The highest BCUT2D eigenvalue weighted by atomic mass is 16.6. The lowest BCUT2D eigenvalue weighted by molar-refractivity contribution is -0.153. The normalized spacial score (nSPS) is 11.9. The topological polar surface area (TPSA) is 47.6 Å². The Labute approximate surface area is 92.3 Å². The van der Waals surface area contributed by atoms with Crippen LogP contribution in [0.2, 0.25) is 0 Å². The van der Waals surface area contributed by atoms with Gasteiger partial charge in [-0.25, -0.2) is 0 Å². The molecule has 0 radical (unpaired) electrons. The molecule has 0 spiro atoms. The molecule has 0 unspecified atom stereocenters. The zero-order chi connectivity index (χ0) is 11.9. The molecule has 0 aliphatic rings. The van der Waals surface area contributed by atoms with Gasteiger partial charge in [0.2, 0.25) is 0 Å². The van der Waals surface area contributed by atoms with Crippen LogP contribution < -0.4 is 5.32 Å². The highest BCUT2D eigenvalue weighted by Gasteiger charge is 2.15. The van der Waals surface area contributed by atoms with E-state index in [0.717, 1.165) is 0 Å². The van der Waals surface area contributed by atoms with Gasteiger partial charge in [-0.2, -0.15) is 0 Å². The van der Waals surface area contributed by atoms with Gasteiger partial charge in [-0.1, -0.05) is 0 Å². The molecule has 0 aliphatic heterocycles. The monoisotopic (exact) mass is 217 g/mol. The molecule has 4 nitrogen and oxygen atoms in total. The molecule has 0 saturated carbocycles. The molecule has 0 aromatic heterocycles. The standard InChI is InChI=1S/C11H23NO3/c1-9(2)14-7-6-12-8-10(13)15-11(3,4)5/h9,12H,6-8H2,1-5H3. The van der Waals surface area contributed by atoms with Gasteiger partial charge in [0.1, 0.15) is 5.60 Å². The first kappa shape index (κ1) is 14.4. The Hall–Kier alpha value is -0.610. The number of carbonyl (C=O) groups is 1. The van der Waals surface area contributed by atoms with Gasteiger partial charge in [0.25, 0.3) is 0 Å². The van der Waals surface area contributed by atoms with E-state index >= 15 is 0 Å². The van der Waals surface area contributed by atoms with Crippen LogP contribution in [0.15, 0.2) is 0 Å². The summed E-state index contributed by atoms with van der Waals surface area (Å²) in [6.45, 7) is 11.0. The summed E-state index contributed by atoms with van der Waals surface area (Å²) in [5.74, 6) is -0.230. The summed E-state index contributed by atoms with van der Waals surface area (Å²) in [6.07, 6.45) is 0.230. The van der Waals surface area contributed by atoms with E-state index in [9.17, 15) is 4.79 Å². The molecule has 0 saturated heterocycles. The molecule has 0 rings (SSSR count). The fraction of sp³-hybridized carbons (Fsp3) is 0.909. The average Bonchev–Trinajstić information content (AvgIpc) is 1.99. The maximum Gasteiger partial charge on any atom is 0.320 e. The quantitative estimate of drug-likeness (QED) is 0.539. The molecule has 15 heavy (non-hydrogen) atoms. The average molecular weight is 217 g/mol. The minimum atomic E-state index is -0.410. The van der Waals surface area contributed by atoms with Crippen LogP contribution in [0, 0.1) is 0 Å². The smallest absolute Gasteiger partial charge is 0.320 e. The zero-order valence-corrected chi connectivity index (χ0v) is 10.4. The summed E-state index contributed by atoms with van der Waals surface area (Å²) in [4.78, 5) is 11.2. The van der Waals surface area contributed by atoms with Crippen molar-refractivity contribution in [2.45, 2.75) is 46.3 Å². The van der Waals surface area contributed by atoms with Crippen molar-refractivity contribution in [3.63, 3.8) is 0 Å². The SMILES string of the molecule is CC(C)OCCNCC(=O)OC(C)(C)C. The molecule has 0 aromatic carbocycles. The van der Waals surface area contributed by atoms with E-state index in [1.54, 1.807) is 0 Å². The second-order valence-corrected chi connectivity index (χ2v) is 4.68. The van der Waals surface area contributed by atoms with Crippen molar-refractivity contribution in [1.29, 1.82) is 0 Å². The molecule has 0 bridgehead atoms. The fourth-order valence-corrected chi connectivity index (χ4v) is 0.935. The van der Waals surface area contributed by atoms with Gasteiger partial charge in [-0.05, 0) is 34.6 Å². The maximum atomic E-state index is 11.2. The van der Waals surface area contributed by atoms with Crippen molar-refractivity contribution >= 4 is 5.97 Å². The van der Waals surface area contributed by atoms with Crippen molar-refractivity contribution in [1.82, 2.24) is 5.32 Å². The van der Waals surface area contributed by atoms with E-state index in [2.05, 4.69) is 5.32 Å². The van der Waals surface area contributed by atoms with E-state index in [0.29, 0.717) is 13.2 Å². The number of ether oxygens (including phenoxy) is 2. The summed E-state index contributed by atoms with van der Waals surface area (Å²) >= 11 is 0. The molecular formula is C11H23NO3. The third kappa shape index (κ3) is 11.3. The summed E-state index contributed by atoms with van der Waals surface area (Å²) in [6, 6.07) is 0. The van der Waals surface area contributed by atoms with E-state index < -0.39 is 5.60 Å². The van der Waals surface area contributed by atoms with Crippen LogP contribution in [0.3, 0.4) is 0 Å². The first-order valence-electron chi connectivity index (χ1n) is 5.35. The Morgan fingerprint density at radius 3 is 2.40 bits per heavy atom. The Morgan fingerprint density at radius 2 is 1.93 bits per heavy atom. The largest absolute Gasteiger partial charge is 0.459 e. The second-order valence-electron chi connectivity index (χ2n) is 4.68. The van der Waals surface area contributed by atoms with Crippen molar-refractivity contribution in [3.8, 4) is 0 Å². The van der Waals surface area contributed by atoms with Gasteiger partial charge in [-0.3, -0.25) is 4.79 Å². The number of rotatable bonds is 6. The van der Waals surface area contributed by atoms with Crippen molar-refractivity contribution in [3.05, 3.63) is 0 Å². The lowest BCUT2D eigenvalue weighted by Gasteiger charge is -2.19. The van der Waals surface area contributed by atoms with Crippen molar-refractivity contribution < 1.29 is 14.3 Å². The maximum absolute atomic E-state index is 11.2. The molecule has 0 heterocycles. The van der Waals surface area contributed by atoms with Gasteiger partial charge in [0.05, 0.1) is 19.3 Å². The molecule has 0 aliphatic carbocycles. The number of esters is 1. The van der Waals surface area contributed by atoms with E-state index in [-0.39, 0.29) is 18.6 Å². The van der Waals surface area contributed by atoms with Gasteiger partial charge in [-0.15, -0.1) is 0 Å². The van der Waals surface area contributed by atoms with Crippen LogP contribution in [-0.4, -0.2) is 37.4 Å². The lowest BCUT2D eigenvalue weighted by Crippen LogP contribution is -2.33. The molecule has 0 amide bonds. The van der Waals surface area contributed by atoms with Crippen LogP contribution in [0.4, 0.5) is 0 Å². The molecular weight excluding hydrogens is 194 g/mol. The van der Waals surface area contributed by atoms with E-state index in [1.807, 2.05) is 34.6 Å². The molecule has 1 N–H and O–H groups in total. The number of nitrogens with one attached hydrogen (secondary N) is 1. The summed E-state index contributed by atoms with van der Waals surface area (Å²) in [5, 5.41) is 2.96. The number of hydrogen-bond acceptors (Lipinski definition) is 4. The van der Waals surface area contributed by atoms with E-state index in [1.165, 1.54) is 0 Å². The summed E-state index contributed by atoms with van der Waals surface area (Å²) in [5.41, 5.74) is -0.410. The Balaban J connectivity index is 3.40. The second kappa shape index (κ2) is 6.80. The molecule has 0 atom stereocenters. The summed E-state index contributed by atoms with van der Waals surface area (Å²) < 4.78 is 10.4. The van der Waals surface area contributed by atoms with E-state index in [4.69, 9.17) is 9.47 Å². The third-order valence-corrected chi connectivity index (χ3v) is 1.42. The highest BCUT2D eigenvalue weighted by molar-refractivity contribution is 5.72. The van der Waals surface area contributed by atoms with Crippen LogP contribution in [0.5, 0.6) is 0 Å². The van der Waals surface area contributed by atoms with Gasteiger partial charge >= 0.3 is 5.97 Å².